The number of hydrogen-bond acceptors (Lipinski definition) is 21. The average molecular weight is 1400 g/mol. The number of anilines is 3. The van der Waals surface area contributed by atoms with Gasteiger partial charge in [0, 0.05) is 112 Å². The zero-order valence-electron chi connectivity index (χ0n) is 60.6. The molecule has 528 valence electrons. The number of thioether (sulfide) groups is 3. The van der Waals surface area contributed by atoms with E-state index in [-0.39, 0.29) is 16.8 Å². The lowest BCUT2D eigenvalue weighted by atomic mass is 9.89. The minimum Gasteiger partial charge on any atom is -0.497 e. The van der Waals surface area contributed by atoms with Gasteiger partial charge in [-0.05, 0) is 191 Å². The molecule has 6 aliphatic heterocycles. The van der Waals surface area contributed by atoms with E-state index in [1.165, 1.54) is 16.7 Å². The number of fused-ring (bicyclic) bond motifs is 3. The van der Waals surface area contributed by atoms with Crippen LogP contribution in [0.2, 0.25) is 0 Å². The molecule has 0 spiro atoms. The highest BCUT2D eigenvalue weighted by Gasteiger charge is 2.37. The van der Waals surface area contributed by atoms with Crippen molar-refractivity contribution in [2.24, 2.45) is 0 Å². The van der Waals surface area contributed by atoms with Crippen molar-refractivity contribution in [1.29, 1.82) is 15.8 Å². The van der Waals surface area contributed by atoms with Crippen LogP contribution in [0.5, 0.6) is 17.2 Å². The van der Waals surface area contributed by atoms with Crippen molar-refractivity contribution in [2.75, 3.05) is 153 Å². The zero-order chi connectivity index (χ0) is 70.3. The van der Waals surface area contributed by atoms with Gasteiger partial charge in [-0.15, -0.1) is 35.3 Å². The summed E-state index contributed by atoms with van der Waals surface area (Å²) < 4.78 is 34.5. The van der Waals surface area contributed by atoms with Gasteiger partial charge in [-0.2, -0.15) is 15.8 Å². The molecule has 9 heterocycles. The molecule has 3 aromatic carbocycles. The van der Waals surface area contributed by atoms with E-state index in [1.807, 2.05) is 36.4 Å². The highest BCUT2D eigenvalue weighted by atomic mass is 32.2. The van der Waals surface area contributed by atoms with E-state index in [1.54, 1.807) is 56.6 Å². The predicted molar refractivity (Wildman–Crippen MR) is 400 cm³/mol. The average Bonchev–Trinajstić information content (AvgIpc) is 1.12. The summed E-state index contributed by atoms with van der Waals surface area (Å²) in [5.41, 5.74) is 11.8. The molecule has 0 N–H and O–H groups in total. The first-order chi connectivity index (χ1) is 47.7. The van der Waals surface area contributed by atoms with Crippen LogP contribution in [0.15, 0.2) is 87.9 Å². The quantitative estimate of drug-likeness (QED) is 0.0739. The van der Waals surface area contributed by atoms with Gasteiger partial charge in [0.2, 0.25) is 0 Å². The predicted octanol–water partition coefficient (Wildman–Crippen LogP) is 12.9. The first kappa shape index (κ1) is 74.9. The van der Waals surface area contributed by atoms with E-state index in [0.29, 0.717) is 19.8 Å². The van der Waals surface area contributed by atoms with Crippen LogP contribution in [-0.4, -0.2) is 185 Å². The molecule has 99 heavy (non-hydrogen) atoms. The van der Waals surface area contributed by atoms with Crippen LogP contribution in [0, 0.1) is 34.0 Å². The van der Waals surface area contributed by atoms with Crippen LogP contribution in [0.1, 0.15) is 128 Å². The second-order valence-corrected chi connectivity index (χ2v) is 31.8. The number of rotatable bonds is 18. The van der Waals surface area contributed by atoms with Crippen molar-refractivity contribution in [3.05, 3.63) is 140 Å². The maximum absolute atomic E-state index is 10.1. The monoisotopic (exact) mass is 1400 g/mol. The Morgan fingerprint density at radius 3 is 1.04 bits per heavy atom. The van der Waals surface area contributed by atoms with E-state index in [9.17, 15) is 15.8 Å². The highest BCUT2D eigenvalue weighted by molar-refractivity contribution is 7.99. The van der Waals surface area contributed by atoms with Gasteiger partial charge in [-0.25, -0.2) is 15.0 Å². The van der Waals surface area contributed by atoms with Gasteiger partial charge >= 0.3 is 0 Å². The summed E-state index contributed by atoms with van der Waals surface area (Å²) in [6.07, 6.45) is 8.23. The van der Waals surface area contributed by atoms with Gasteiger partial charge in [0.15, 0.2) is 0 Å². The standard InChI is InChI=1S/3C26H34N4O2S/c1-26(2)16-21-22(17-27)25(33-15-10-19-6-8-20(31-4)9-7-19)28-24(23(21)18-32-26)30-12-5-11-29(3)13-14-30;2*1-26(2)16-21-22(17-27)25(33-14-9-19-7-5-8-20(15-19)31-4)28-24(23(21)18-32-26)30-11-6-10-29(3)12-13-30/h6-9H,5,10-16,18H2,1-4H3;2*5,7-8,15H,6,9-14,16,18H2,1-4H3. The summed E-state index contributed by atoms with van der Waals surface area (Å²) in [4.78, 5) is 29.6. The van der Waals surface area contributed by atoms with Crippen molar-refractivity contribution in [1.82, 2.24) is 29.7 Å². The lowest BCUT2D eigenvalue weighted by Gasteiger charge is -2.35. The Morgan fingerprint density at radius 2 is 0.727 bits per heavy atom. The van der Waals surface area contributed by atoms with Crippen LogP contribution < -0.4 is 28.9 Å². The van der Waals surface area contributed by atoms with Crippen LogP contribution in [0.4, 0.5) is 17.5 Å². The van der Waals surface area contributed by atoms with Crippen LogP contribution in [-0.2, 0) is 72.6 Å². The van der Waals surface area contributed by atoms with E-state index in [2.05, 4.69) is 147 Å². The summed E-state index contributed by atoms with van der Waals surface area (Å²) in [6, 6.07) is 32.0. The Labute approximate surface area is 602 Å². The molecular formula is C78H102N12O6S3. The summed E-state index contributed by atoms with van der Waals surface area (Å²) in [5.74, 6) is 8.24. The second-order valence-electron chi connectivity index (χ2n) is 28.5. The fourth-order valence-corrected chi connectivity index (χ4v) is 16.6. The molecule has 18 nitrogen and oxygen atoms in total. The Bertz CT molecular complexity index is 3700. The number of pyridine rings is 3. The number of methoxy groups -OCH3 is 3. The fourth-order valence-electron chi connectivity index (χ4n) is 13.6. The molecule has 0 amide bonds. The summed E-state index contributed by atoms with van der Waals surface area (Å²) in [7, 11) is 11.6. The summed E-state index contributed by atoms with van der Waals surface area (Å²) in [6.45, 7) is 26.3. The van der Waals surface area contributed by atoms with Gasteiger partial charge in [0.1, 0.15) is 68.0 Å². The number of ether oxygens (including phenoxy) is 6. The number of nitrogens with zero attached hydrogens (tertiary/aromatic N) is 12. The number of hydrogen-bond donors (Lipinski definition) is 0. The SMILES string of the molecule is COc1ccc(CCSc2nc(N3CCCN(C)CC3)c3c(c2C#N)CC(C)(C)OC3)cc1.COc1cccc(CCSc2nc(N3CCCN(C)CC3)c3c(c2C#N)CC(C)(C)OC3)c1.COc1cccc(CCSc2nc(N3CCCN(C)CC3)c3c(c2C#N)CC(C)(C)OC3)c1. The molecule has 0 aliphatic carbocycles. The number of benzene rings is 3. The maximum atomic E-state index is 10.1. The Morgan fingerprint density at radius 1 is 0.404 bits per heavy atom. The molecule has 0 unspecified atom stereocenters. The topological polar surface area (TPSA) is 185 Å². The Kier molecular flexibility index (Phi) is 26.2. The number of nitriles is 3. The molecule has 0 radical (unpaired) electrons. The minimum atomic E-state index is -0.279. The van der Waals surface area contributed by atoms with Crippen LogP contribution in [0.3, 0.4) is 0 Å². The van der Waals surface area contributed by atoms with Crippen molar-refractivity contribution in [2.45, 2.75) is 151 Å². The molecule has 0 saturated carbocycles. The van der Waals surface area contributed by atoms with Crippen molar-refractivity contribution in [3.63, 3.8) is 0 Å². The second kappa shape index (κ2) is 34.7. The van der Waals surface area contributed by atoms with E-state index in [4.69, 9.17) is 43.4 Å². The molecule has 0 atom stereocenters. The van der Waals surface area contributed by atoms with Crippen LogP contribution >= 0.6 is 35.3 Å². The van der Waals surface area contributed by atoms with Crippen LogP contribution in [0.25, 0.3) is 0 Å². The highest BCUT2D eigenvalue weighted by Crippen LogP contribution is 2.43. The lowest BCUT2D eigenvalue weighted by molar-refractivity contribution is -0.0404. The molecule has 3 saturated heterocycles. The molecule has 6 aromatic rings. The lowest BCUT2D eigenvalue weighted by Crippen LogP contribution is -2.36. The summed E-state index contributed by atoms with van der Waals surface area (Å²) >= 11 is 5.06. The van der Waals surface area contributed by atoms with Gasteiger partial charge < -0.3 is 57.8 Å². The van der Waals surface area contributed by atoms with E-state index in [0.717, 1.165) is 253 Å². The third-order valence-electron chi connectivity index (χ3n) is 19.4. The number of aromatic nitrogens is 3. The first-order valence-electron chi connectivity index (χ1n) is 35.1. The zero-order valence-corrected chi connectivity index (χ0v) is 63.0. The van der Waals surface area contributed by atoms with Crippen molar-refractivity contribution in [3.8, 4) is 35.5 Å². The van der Waals surface area contributed by atoms with Gasteiger partial charge in [0.25, 0.3) is 0 Å². The molecular weight excluding hydrogens is 1300 g/mol. The number of aryl methyl sites for hydroxylation is 3. The largest absolute Gasteiger partial charge is 0.497 e. The molecule has 0 bridgehead atoms. The minimum absolute atomic E-state index is 0.277. The van der Waals surface area contributed by atoms with Gasteiger partial charge in [-0.3, -0.25) is 0 Å². The van der Waals surface area contributed by atoms with E-state index < -0.39 is 0 Å². The van der Waals surface area contributed by atoms with Gasteiger partial charge in [-0.1, -0.05) is 36.4 Å². The van der Waals surface area contributed by atoms with Crippen molar-refractivity contribution >= 4 is 52.7 Å². The molecule has 3 aromatic heterocycles. The molecule has 6 aliphatic rings. The first-order valence-corrected chi connectivity index (χ1v) is 38.0. The molecule has 3 fully saturated rings. The Balaban J connectivity index is 0.000000161. The molecule has 12 rings (SSSR count). The number of likely N-dealkylation sites (N-methyl/N-ethyl adjacent to an activating group) is 3. The van der Waals surface area contributed by atoms with Crippen molar-refractivity contribution < 1.29 is 28.4 Å². The fraction of sp³-hybridized carbons (Fsp3) is 0.538. The smallest absolute Gasteiger partial charge is 0.135 e. The third kappa shape index (κ3) is 19.8. The van der Waals surface area contributed by atoms with E-state index >= 15 is 0 Å². The normalized spacial score (nSPS) is 18.3. The molecule has 21 heteroatoms. The maximum Gasteiger partial charge on any atom is 0.135 e. The third-order valence-corrected chi connectivity index (χ3v) is 22.3. The summed E-state index contributed by atoms with van der Waals surface area (Å²) in [5, 5.41) is 32.9. The van der Waals surface area contributed by atoms with Gasteiger partial charge in [0.05, 0.1) is 74.6 Å². The Hall–Kier alpha value is -6.81.